The van der Waals surface area contributed by atoms with Crippen LogP contribution in [0.4, 0.5) is 0 Å². The lowest BCUT2D eigenvalue weighted by Crippen LogP contribution is -2.47. The third-order valence-corrected chi connectivity index (χ3v) is 8.78. The number of carbonyl (C=O) groups is 1. The molecular formula is C40H50O2. The molecule has 0 spiro atoms. The van der Waals surface area contributed by atoms with Crippen LogP contribution in [0, 0.1) is 28.6 Å². The van der Waals surface area contributed by atoms with E-state index in [1.807, 2.05) is 6.92 Å². The van der Waals surface area contributed by atoms with E-state index in [0.29, 0.717) is 0 Å². The van der Waals surface area contributed by atoms with Crippen molar-refractivity contribution in [2.24, 2.45) is 16.7 Å². The summed E-state index contributed by atoms with van der Waals surface area (Å²) in [5, 5.41) is 0. The van der Waals surface area contributed by atoms with Gasteiger partial charge in [-0.3, -0.25) is 4.79 Å². The number of ketones is 1. The summed E-state index contributed by atoms with van der Waals surface area (Å²) in [6.45, 7) is 21.4. The van der Waals surface area contributed by atoms with Crippen molar-refractivity contribution in [3.05, 3.63) is 119 Å². The van der Waals surface area contributed by atoms with Crippen LogP contribution in [0.2, 0.25) is 0 Å². The van der Waals surface area contributed by atoms with Crippen LogP contribution in [-0.4, -0.2) is 17.5 Å². The van der Waals surface area contributed by atoms with Crippen LogP contribution in [0.1, 0.15) is 82.1 Å². The van der Waals surface area contributed by atoms with E-state index < -0.39 is 5.60 Å². The topological polar surface area (TPSA) is 26.3 Å². The normalized spacial score (nSPS) is 28.3. The molecule has 42 heavy (non-hydrogen) atoms. The van der Waals surface area contributed by atoms with E-state index in [2.05, 4.69) is 159 Å². The van der Waals surface area contributed by atoms with Crippen LogP contribution in [0.15, 0.2) is 119 Å². The highest BCUT2D eigenvalue weighted by Crippen LogP contribution is 2.57. The molecular weight excluding hydrogens is 512 g/mol. The largest absolute Gasteiger partial charge is 0.359 e. The summed E-state index contributed by atoms with van der Waals surface area (Å²) in [6.07, 6.45) is 31.0. The molecule has 2 bridgehead atoms. The summed E-state index contributed by atoms with van der Waals surface area (Å²) in [4.78, 5) is 12.4. The lowest BCUT2D eigenvalue weighted by Gasteiger charge is -2.40. The summed E-state index contributed by atoms with van der Waals surface area (Å²) >= 11 is 0. The van der Waals surface area contributed by atoms with Crippen molar-refractivity contribution in [3.63, 3.8) is 0 Å². The summed E-state index contributed by atoms with van der Waals surface area (Å²) in [7, 11) is 0. The predicted octanol–water partition coefficient (Wildman–Crippen LogP) is 10.1. The molecule has 0 saturated carbocycles. The second-order valence-corrected chi connectivity index (χ2v) is 13.4. The molecule has 2 heteroatoms. The second kappa shape index (κ2) is 13.7. The lowest BCUT2D eigenvalue weighted by atomic mass is 9.62. The predicted molar refractivity (Wildman–Crippen MR) is 180 cm³/mol. The Hall–Kier alpha value is -3.41. The fraction of sp³-hybridized carbons (Fsp3) is 0.425. The van der Waals surface area contributed by atoms with Gasteiger partial charge in [0.05, 0.1) is 5.92 Å². The molecule has 0 N–H and O–H groups in total. The van der Waals surface area contributed by atoms with Gasteiger partial charge in [0.15, 0.2) is 5.78 Å². The first-order valence-electron chi connectivity index (χ1n) is 15.2. The molecule has 3 atom stereocenters. The molecule has 0 aromatic carbocycles. The van der Waals surface area contributed by atoms with Crippen LogP contribution < -0.4 is 0 Å². The van der Waals surface area contributed by atoms with Gasteiger partial charge < -0.3 is 4.74 Å². The Bertz CT molecular complexity index is 1430. The quantitative estimate of drug-likeness (QED) is 0.217. The summed E-state index contributed by atoms with van der Waals surface area (Å²) < 4.78 is 6.22. The SMILES string of the molecule is CC1=C(C#C/C(C)=C/C=C/C(C)=C/C=C/C=C(C)/C=C/C=C(C)/C=C/[C@@]23O[C@@H](CC2(C)C)C(=O)[C@@H]3C)C(C)(C)CC=C1. The van der Waals surface area contributed by atoms with Gasteiger partial charge in [-0.05, 0) is 58.6 Å². The van der Waals surface area contributed by atoms with Gasteiger partial charge in [0.1, 0.15) is 11.7 Å². The number of fused-ring (bicyclic) bond motifs is 2. The molecule has 3 rings (SSSR count). The minimum absolute atomic E-state index is 0.0440. The van der Waals surface area contributed by atoms with Crippen molar-refractivity contribution in [2.45, 2.75) is 93.8 Å². The minimum atomic E-state index is -0.501. The maximum atomic E-state index is 12.4. The van der Waals surface area contributed by atoms with Gasteiger partial charge in [0.25, 0.3) is 0 Å². The fourth-order valence-corrected chi connectivity index (χ4v) is 6.06. The zero-order valence-corrected chi connectivity index (χ0v) is 27.5. The number of rotatable bonds is 8. The second-order valence-electron chi connectivity index (χ2n) is 13.4. The molecule has 2 nitrogen and oxygen atoms in total. The van der Waals surface area contributed by atoms with Crippen molar-refractivity contribution in [1.82, 2.24) is 0 Å². The Morgan fingerprint density at radius 1 is 0.881 bits per heavy atom. The Kier molecular flexibility index (Phi) is 10.8. The number of carbonyl (C=O) groups excluding carboxylic acids is 1. The van der Waals surface area contributed by atoms with Gasteiger partial charge in [0.2, 0.25) is 0 Å². The van der Waals surface area contributed by atoms with Gasteiger partial charge in [-0.2, -0.15) is 0 Å². The number of ether oxygens (including phenoxy) is 1. The Balaban J connectivity index is 1.52. The maximum Gasteiger partial charge on any atom is 0.167 e. The first-order chi connectivity index (χ1) is 19.7. The van der Waals surface area contributed by atoms with Crippen LogP contribution in [-0.2, 0) is 9.53 Å². The van der Waals surface area contributed by atoms with Crippen LogP contribution in [0.5, 0.6) is 0 Å². The summed E-state index contributed by atoms with van der Waals surface area (Å²) in [5.41, 5.74) is 6.58. The molecule has 0 amide bonds. The first kappa shape index (κ1) is 33.1. The number of allylic oxidation sites excluding steroid dienone is 19. The number of hydrogen-bond donors (Lipinski definition) is 0. The molecule has 2 aliphatic heterocycles. The monoisotopic (exact) mass is 562 g/mol. The van der Waals surface area contributed by atoms with Crippen molar-refractivity contribution >= 4 is 5.78 Å². The average molecular weight is 563 g/mol. The highest BCUT2D eigenvalue weighted by atomic mass is 16.5. The first-order valence-corrected chi connectivity index (χ1v) is 15.2. The van der Waals surface area contributed by atoms with Crippen molar-refractivity contribution in [1.29, 1.82) is 0 Å². The highest BCUT2D eigenvalue weighted by Gasteiger charge is 2.65. The van der Waals surface area contributed by atoms with E-state index in [4.69, 9.17) is 4.74 Å². The Labute approximate surface area is 255 Å². The van der Waals surface area contributed by atoms with Crippen molar-refractivity contribution < 1.29 is 9.53 Å². The average Bonchev–Trinajstić information content (AvgIpc) is 3.32. The minimum Gasteiger partial charge on any atom is -0.359 e. The van der Waals surface area contributed by atoms with E-state index in [1.54, 1.807) is 0 Å². The van der Waals surface area contributed by atoms with E-state index >= 15 is 0 Å². The molecule has 2 saturated heterocycles. The summed E-state index contributed by atoms with van der Waals surface area (Å²) in [6, 6.07) is 0. The molecule has 1 aliphatic carbocycles. The molecule has 222 valence electrons. The van der Waals surface area contributed by atoms with E-state index in [9.17, 15) is 4.79 Å². The third kappa shape index (κ3) is 7.90. The van der Waals surface area contributed by atoms with E-state index in [0.717, 1.165) is 29.6 Å². The lowest BCUT2D eigenvalue weighted by molar-refractivity contribution is -0.125. The number of Topliss-reactive ketones (excluding diaryl/α,β-unsaturated/α-hetero) is 1. The Morgan fingerprint density at radius 3 is 2.05 bits per heavy atom. The van der Waals surface area contributed by atoms with E-state index in [1.165, 1.54) is 16.7 Å². The van der Waals surface area contributed by atoms with Crippen LogP contribution in [0.25, 0.3) is 0 Å². The van der Waals surface area contributed by atoms with Gasteiger partial charge in [-0.15, -0.1) is 0 Å². The van der Waals surface area contributed by atoms with E-state index in [-0.39, 0.29) is 28.6 Å². The smallest absolute Gasteiger partial charge is 0.167 e. The molecule has 0 unspecified atom stereocenters. The molecule has 0 radical (unpaired) electrons. The molecule has 0 aromatic heterocycles. The maximum absolute atomic E-state index is 12.4. The van der Waals surface area contributed by atoms with Crippen molar-refractivity contribution in [3.8, 4) is 11.8 Å². The molecule has 3 aliphatic rings. The standard InChI is InChI=1S/C40H50O2/c1-29(18-13-20-31(3)23-24-35-33(5)22-15-26-38(35,7)8)16-11-12-17-30(2)19-14-21-32(4)25-27-40-34(6)37(41)36(42-40)28-39(40,9)10/h11-22,25,27,34,36H,26,28H2,1-10H3/b12-11+,18-13+,19-14+,27-25+,29-16+,30-17+,31-20+,32-21+/t34-,36-,40-/m0/s1. The van der Waals surface area contributed by atoms with Gasteiger partial charge in [0, 0.05) is 16.4 Å². The fourth-order valence-electron chi connectivity index (χ4n) is 6.06. The van der Waals surface area contributed by atoms with Gasteiger partial charge in [-0.25, -0.2) is 0 Å². The van der Waals surface area contributed by atoms with Gasteiger partial charge in [-0.1, -0.05) is 148 Å². The highest BCUT2D eigenvalue weighted by molar-refractivity contribution is 5.90. The zero-order chi connectivity index (χ0) is 31.1. The van der Waals surface area contributed by atoms with Crippen LogP contribution in [0.3, 0.4) is 0 Å². The Morgan fingerprint density at radius 2 is 1.45 bits per heavy atom. The van der Waals surface area contributed by atoms with Gasteiger partial charge >= 0.3 is 0 Å². The molecule has 0 aromatic rings. The molecule has 2 fully saturated rings. The molecule has 2 heterocycles. The zero-order valence-electron chi connectivity index (χ0n) is 27.5. The summed E-state index contributed by atoms with van der Waals surface area (Å²) in [5.74, 6) is 6.89. The van der Waals surface area contributed by atoms with Crippen molar-refractivity contribution in [2.75, 3.05) is 0 Å². The number of hydrogen-bond acceptors (Lipinski definition) is 2. The third-order valence-electron chi connectivity index (χ3n) is 8.78. The van der Waals surface area contributed by atoms with Crippen LogP contribution >= 0.6 is 0 Å².